The molecule has 126 valence electrons. The maximum absolute atomic E-state index is 12.8. The monoisotopic (exact) mass is 321 g/mol. The molecule has 1 heterocycles. The van der Waals surface area contributed by atoms with E-state index in [9.17, 15) is 14.0 Å². The highest BCUT2D eigenvalue weighted by atomic mass is 19.1. The third kappa shape index (κ3) is 5.75. The minimum Gasteiger partial charge on any atom is -0.378 e. The van der Waals surface area contributed by atoms with E-state index < -0.39 is 0 Å². The second-order valence-electron chi connectivity index (χ2n) is 6.02. The van der Waals surface area contributed by atoms with Crippen LogP contribution in [0.15, 0.2) is 24.3 Å². The Bertz CT molecular complexity index is 524. The molecule has 1 saturated heterocycles. The third-order valence-corrected chi connectivity index (χ3v) is 4.22. The van der Waals surface area contributed by atoms with Gasteiger partial charge in [0.15, 0.2) is 5.78 Å². The summed E-state index contributed by atoms with van der Waals surface area (Å²) < 4.78 is 18.5. The van der Waals surface area contributed by atoms with E-state index in [1.165, 1.54) is 30.7 Å². The predicted octanol–water partition coefficient (Wildman–Crippen LogP) is 3.21. The molecule has 1 atom stereocenters. The molecule has 4 nitrogen and oxygen atoms in total. The molecule has 1 unspecified atom stereocenters. The minimum atomic E-state index is -0.373. The van der Waals surface area contributed by atoms with Gasteiger partial charge in [-0.2, -0.15) is 0 Å². The van der Waals surface area contributed by atoms with Gasteiger partial charge in [-0.3, -0.25) is 9.59 Å². The average Bonchev–Trinajstić information content (AvgIpc) is 2.58. The van der Waals surface area contributed by atoms with Crippen molar-refractivity contribution in [1.29, 1.82) is 0 Å². The van der Waals surface area contributed by atoms with Crippen LogP contribution in [0.2, 0.25) is 0 Å². The molecule has 0 bridgehead atoms. The zero-order valence-corrected chi connectivity index (χ0v) is 13.6. The summed E-state index contributed by atoms with van der Waals surface area (Å²) in [5.41, 5.74) is 0.442. The molecule has 1 aromatic rings. The fraction of sp³-hybridized carbons (Fsp3) is 0.556. The van der Waals surface area contributed by atoms with Crippen molar-refractivity contribution >= 4 is 11.7 Å². The van der Waals surface area contributed by atoms with Gasteiger partial charge in [0.1, 0.15) is 5.82 Å². The second-order valence-corrected chi connectivity index (χ2v) is 6.02. The first-order valence-corrected chi connectivity index (χ1v) is 8.20. The van der Waals surface area contributed by atoms with E-state index in [0.29, 0.717) is 12.1 Å². The van der Waals surface area contributed by atoms with Crippen molar-refractivity contribution in [1.82, 2.24) is 4.90 Å². The van der Waals surface area contributed by atoms with Crippen molar-refractivity contribution in [3.05, 3.63) is 35.6 Å². The summed E-state index contributed by atoms with van der Waals surface area (Å²) in [4.78, 5) is 25.7. The van der Waals surface area contributed by atoms with E-state index in [2.05, 4.69) is 0 Å². The zero-order chi connectivity index (χ0) is 16.7. The minimum absolute atomic E-state index is 0.0451. The number of hydrogen-bond donors (Lipinski definition) is 0. The van der Waals surface area contributed by atoms with Crippen molar-refractivity contribution in [3.63, 3.8) is 0 Å². The molecule has 0 spiro atoms. The Morgan fingerprint density at radius 2 is 1.96 bits per heavy atom. The maximum atomic E-state index is 12.8. The molecule has 0 radical (unpaired) electrons. The number of rotatable bonds is 7. The van der Waals surface area contributed by atoms with Crippen molar-refractivity contribution in [3.8, 4) is 0 Å². The molecule has 1 amide bonds. The molecule has 2 rings (SSSR count). The second kappa shape index (κ2) is 8.77. The van der Waals surface area contributed by atoms with Crippen molar-refractivity contribution in [2.24, 2.45) is 0 Å². The summed E-state index contributed by atoms with van der Waals surface area (Å²) in [5, 5.41) is 0. The van der Waals surface area contributed by atoms with E-state index in [-0.39, 0.29) is 36.5 Å². The summed E-state index contributed by atoms with van der Waals surface area (Å²) in [6, 6.07) is 5.41. The topological polar surface area (TPSA) is 46.6 Å². The van der Waals surface area contributed by atoms with Gasteiger partial charge in [0, 0.05) is 38.6 Å². The van der Waals surface area contributed by atoms with Crippen LogP contribution in [-0.2, 0) is 9.53 Å². The normalized spacial score (nSPS) is 17.7. The lowest BCUT2D eigenvalue weighted by Gasteiger charge is -2.25. The van der Waals surface area contributed by atoms with Crippen molar-refractivity contribution < 1.29 is 18.7 Å². The Hall–Kier alpha value is -1.75. The van der Waals surface area contributed by atoms with E-state index in [1.54, 1.807) is 11.9 Å². The Labute approximate surface area is 136 Å². The van der Waals surface area contributed by atoms with Gasteiger partial charge in [-0.25, -0.2) is 4.39 Å². The Kier molecular flexibility index (Phi) is 6.71. The van der Waals surface area contributed by atoms with Gasteiger partial charge < -0.3 is 9.64 Å². The van der Waals surface area contributed by atoms with Gasteiger partial charge in [0.25, 0.3) is 0 Å². The fourth-order valence-electron chi connectivity index (χ4n) is 2.69. The summed E-state index contributed by atoms with van der Waals surface area (Å²) in [6.45, 7) is 1.46. The van der Waals surface area contributed by atoms with Gasteiger partial charge in [-0.05, 0) is 49.9 Å². The van der Waals surface area contributed by atoms with Gasteiger partial charge in [-0.15, -0.1) is 0 Å². The highest BCUT2D eigenvalue weighted by molar-refractivity contribution is 5.97. The maximum Gasteiger partial charge on any atom is 0.222 e. The third-order valence-electron chi connectivity index (χ3n) is 4.22. The lowest BCUT2D eigenvalue weighted by Crippen LogP contribution is -2.31. The molecule has 0 N–H and O–H groups in total. The molecular weight excluding hydrogens is 297 g/mol. The molecule has 1 aliphatic heterocycles. The predicted molar refractivity (Wildman–Crippen MR) is 85.8 cm³/mol. The molecule has 1 fully saturated rings. The molecule has 1 aliphatic rings. The molecule has 0 aromatic heterocycles. The molecular formula is C18H24FNO3. The number of hydrogen-bond acceptors (Lipinski definition) is 3. The van der Waals surface area contributed by atoms with Crippen molar-refractivity contribution in [2.45, 2.75) is 44.6 Å². The lowest BCUT2D eigenvalue weighted by atomic mass is 10.1. The largest absolute Gasteiger partial charge is 0.378 e. The van der Waals surface area contributed by atoms with Crippen LogP contribution in [0.1, 0.15) is 48.9 Å². The van der Waals surface area contributed by atoms with Gasteiger partial charge in [0.2, 0.25) is 5.91 Å². The van der Waals surface area contributed by atoms with Crippen LogP contribution in [0.5, 0.6) is 0 Å². The summed E-state index contributed by atoms with van der Waals surface area (Å²) in [7, 11) is 1.76. The van der Waals surface area contributed by atoms with E-state index in [0.717, 1.165) is 25.9 Å². The van der Waals surface area contributed by atoms with E-state index in [4.69, 9.17) is 4.74 Å². The van der Waals surface area contributed by atoms with E-state index >= 15 is 0 Å². The van der Waals surface area contributed by atoms with E-state index in [1.807, 2.05) is 0 Å². The quantitative estimate of drug-likeness (QED) is 0.725. The number of ether oxygens (including phenoxy) is 1. The standard InChI is InChI=1S/C18H24FNO3/c1-20(12-11-16-4-2-3-13-23-16)18(22)10-9-17(21)14-5-7-15(19)8-6-14/h5-8,16H,2-4,9-13H2,1H3. The summed E-state index contributed by atoms with van der Waals surface area (Å²) >= 11 is 0. The smallest absolute Gasteiger partial charge is 0.222 e. The SMILES string of the molecule is CN(CCC1CCCCO1)C(=O)CCC(=O)c1ccc(F)cc1. The van der Waals surface area contributed by atoms with Crippen LogP contribution in [0, 0.1) is 5.82 Å². The molecule has 23 heavy (non-hydrogen) atoms. The molecule has 0 aliphatic carbocycles. The number of carbonyl (C=O) groups is 2. The number of Topliss-reactive ketones (excluding diaryl/α,β-unsaturated/α-hetero) is 1. The van der Waals surface area contributed by atoms with Gasteiger partial charge in [0.05, 0.1) is 6.10 Å². The average molecular weight is 321 g/mol. The lowest BCUT2D eigenvalue weighted by molar-refractivity contribution is -0.130. The Balaban J connectivity index is 1.70. The van der Waals surface area contributed by atoms with Gasteiger partial charge in [-0.1, -0.05) is 0 Å². The first kappa shape index (κ1) is 17.6. The number of ketones is 1. The molecule has 1 aromatic carbocycles. The number of halogens is 1. The van der Waals surface area contributed by atoms with Crippen LogP contribution >= 0.6 is 0 Å². The Morgan fingerprint density at radius 3 is 2.61 bits per heavy atom. The van der Waals surface area contributed by atoms with Crippen LogP contribution in [0.4, 0.5) is 4.39 Å². The van der Waals surface area contributed by atoms with Crippen molar-refractivity contribution in [2.75, 3.05) is 20.2 Å². The zero-order valence-electron chi connectivity index (χ0n) is 13.6. The highest BCUT2D eigenvalue weighted by Gasteiger charge is 2.17. The number of nitrogens with zero attached hydrogens (tertiary/aromatic N) is 1. The fourth-order valence-corrected chi connectivity index (χ4v) is 2.69. The highest BCUT2D eigenvalue weighted by Crippen LogP contribution is 2.16. The molecule has 5 heteroatoms. The Morgan fingerprint density at radius 1 is 1.22 bits per heavy atom. The summed E-state index contributed by atoms with van der Waals surface area (Å²) in [5.74, 6) is -0.555. The summed E-state index contributed by atoms with van der Waals surface area (Å²) in [6.07, 6.45) is 4.79. The first-order valence-electron chi connectivity index (χ1n) is 8.20. The number of amides is 1. The van der Waals surface area contributed by atoms with Crippen LogP contribution in [0.3, 0.4) is 0 Å². The van der Waals surface area contributed by atoms with Crippen LogP contribution in [-0.4, -0.2) is 42.9 Å². The number of benzene rings is 1. The van der Waals surface area contributed by atoms with Crippen LogP contribution in [0.25, 0.3) is 0 Å². The molecule has 0 saturated carbocycles. The first-order chi connectivity index (χ1) is 11.1. The van der Waals surface area contributed by atoms with Crippen LogP contribution < -0.4 is 0 Å². The van der Waals surface area contributed by atoms with Gasteiger partial charge >= 0.3 is 0 Å². The number of carbonyl (C=O) groups excluding carboxylic acids is 2.